The van der Waals surface area contributed by atoms with Crippen molar-refractivity contribution in [3.05, 3.63) is 29.8 Å². The Labute approximate surface area is 91.9 Å². The van der Waals surface area contributed by atoms with Crippen molar-refractivity contribution in [3.63, 3.8) is 0 Å². The van der Waals surface area contributed by atoms with E-state index in [9.17, 15) is 9.00 Å². The van der Waals surface area contributed by atoms with Crippen LogP contribution < -0.4 is 4.74 Å². The zero-order valence-corrected chi connectivity index (χ0v) is 9.67. The molecule has 0 spiro atoms. The Balaban J connectivity index is 2.71. The van der Waals surface area contributed by atoms with Crippen LogP contribution in [0, 0.1) is 0 Å². The van der Waals surface area contributed by atoms with E-state index in [1.165, 1.54) is 6.26 Å². The first-order chi connectivity index (χ1) is 7.13. The predicted molar refractivity (Wildman–Crippen MR) is 60.9 cm³/mol. The lowest BCUT2D eigenvalue weighted by atomic mass is 10.1. The van der Waals surface area contributed by atoms with Crippen LogP contribution in [0.2, 0.25) is 0 Å². The second kappa shape index (κ2) is 5.66. The van der Waals surface area contributed by atoms with E-state index >= 15 is 0 Å². The van der Waals surface area contributed by atoms with Gasteiger partial charge in [-0.1, -0.05) is 0 Å². The number of hydrogen-bond donors (Lipinski definition) is 0. The molecular weight excluding hydrogens is 212 g/mol. The number of hydrogen-bond acceptors (Lipinski definition) is 3. The summed E-state index contributed by atoms with van der Waals surface area (Å²) in [5.41, 5.74) is 0.577. The highest BCUT2D eigenvalue weighted by molar-refractivity contribution is 7.85. The summed E-state index contributed by atoms with van der Waals surface area (Å²) >= 11 is 0. The van der Waals surface area contributed by atoms with Crippen molar-refractivity contribution in [2.45, 2.75) is 6.92 Å². The van der Waals surface area contributed by atoms with Crippen molar-refractivity contribution in [2.75, 3.05) is 18.6 Å². The fourth-order valence-electron chi connectivity index (χ4n) is 1.17. The SMILES string of the molecule is CCOc1ccc(C(=O)CS(C)=O)cc1. The maximum atomic E-state index is 11.5. The summed E-state index contributed by atoms with van der Waals surface area (Å²) in [7, 11) is -1.09. The molecule has 0 aliphatic heterocycles. The molecule has 0 heterocycles. The van der Waals surface area contributed by atoms with Gasteiger partial charge in [-0.05, 0) is 31.2 Å². The summed E-state index contributed by atoms with van der Waals surface area (Å²) in [6.45, 7) is 2.51. The molecule has 4 heteroatoms. The van der Waals surface area contributed by atoms with Gasteiger partial charge in [-0.25, -0.2) is 0 Å². The van der Waals surface area contributed by atoms with Crippen LogP contribution in [0.1, 0.15) is 17.3 Å². The maximum Gasteiger partial charge on any atom is 0.175 e. The highest BCUT2D eigenvalue weighted by Crippen LogP contribution is 2.12. The molecule has 0 amide bonds. The summed E-state index contributed by atoms with van der Waals surface area (Å²) in [4.78, 5) is 11.5. The number of carbonyl (C=O) groups excluding carboxylic acids is 1. The number of ketones is 1. The molecule has 0 N–H and O–H groups in total. The van der Waals surface area contributed by atoms with Gasteiger partial charge in [0.25, 0.3) is 0 Å². The fourth-order valence-corrected chi connectivity index (χ4v) is 1.71. The maximum absolute atomic E-state index is 11.5. The Hall–Kier alpha value is -1.16. The molecule has 1 aromatic rings. The zero-order chi connectivity index (χ0) is 11.3. The molecule has 3 nitrogen and oxygen atoms in total. The third-order valence-electron chi connectivity index (χ3n) is 1.82. The quantitative estimate of drug-likeness (QED) is 0.717. The molecule has 0 radical (unpaired) electrons. The van der Waals surface area contributed by atoms with E-state index in [2.05, 4.69) is 0 Å². The second-order valence-corrected chi connectivity index (χ2v) is 4.53. The number of carbonyl (C=O) groups is 1. The van der Waals surface area contributed by atoms with Crippen molar-refractivity contribution in [1.82, 2.24) is 0 Å². The molecule has 1 unspecified atom stereocenters. The van der Waals surface area contributed by atoms with Crippen LogP contribution >= 0.6 is 0 Å². The van der Waals surface area contributed by atoms with Gasteiger partial charge in [-0.3, -0.25) is 9.00 Å². The summed E-state index contributed by atoms with van der Waals surface area (Å²) in [6, 6.07) is 6.88. The van der Waals surface area contributed by atoms with E-state index in [0.29, 0.717) is 12.2 Å². The van der Waals surface area contributed by atoms with Gasteiger partial charge in [0.2, 0.25) is 0 Å². The summed E-state index contributed by atoms with van der Waals surface area (Å²) < 4.78 is 16.1. The van der Waals surface area contributed by atoms with E-state index in [1.54, 1.807) is 24.3 Å². The highest BCUT2D eigenvalue weighted by atomic mass is 32.2. The normalized spacial score (nSPS) is 12.1. The standard InChI is InChI=1S/C11H14O3S/c1-3-14-10-6-4-9(5-7-10)11(12)8-15(2)13/h4-7H,3,8H2,1-2H3. The van der Waals surface area contributed by atoms with Gasteiger partial charge in [-0.15, -0.1) is 0 Å². The molecule has 1 rings (SSSR count). The van der Waals surface area contributed by atoms with Crippen LogP contribution in [-0.4, -0.2) is 28.6 Å². The lowest BCUT2D eigenvalue weighted by Gasteiger charge is -2.03. The Morgan fingerprint density at radius 3 is 2.40 bits per heavy atom. The van der Waals surface area contributed by atoms with Crippen LogP contribution in [0.5, 0.6) is 5.75 Å². The van der Waals surface area contributed by atoms with Gasteiger partial charge in [0.1, 0.15) is 5.75 Å². The van der Waals surface area contributed by atoms with Crippen molar-refractivity contribution in [2.24, 2.45) is 0 Å². The topological polar surface area (TPSA) is 43.4 Å². The summed E-state index contributed by atoms with van der Waals surface area (Å²) in [6.07, 6.45) is 1.52. The first-order valence-electron chi connectivity index (χ1n) is 4.69. The fraction of sp³-hybridized carbons (Fsp3) is 0.364. The van der Waals surface area contributed by atoms with Gasteiger partial charge in [0, 0.05) is 22.6 Å². The average Bonchev–Trinajstić information content (AvgIpc) is 2.18. The predicted octanol–water partition coefficient (Wildman–Crippen LogP) is 1.65. The lowest BCUT2D eigenvalue weighted by molar-refractivity contribution is 0.102. The van der Waals surface area contributed by atoms with Crippen LogP contribution in [0.15, 0.2) is 24.3 Å². The number of benzene rings is 1. The van der Waals surface area contributed by atoms with Crippen LogP contribution in [0.3, 0.4) is 0 Å². The number of rotatable bonds is 5. The Morgan fingerprint density at radius 2 is 1.93 bits per heavy atom. The Bertz CT molecular complexity index is 357. The van der Waals surface area contributed by atoms with Crippen LogP contribution in [0.25, 0.3) is 0 Å². The monoisotopic (exact) mass is 226 g/mol. The molecule has 15 heavy (non-hydrogen) atoms. The third kappa shape index (κ3) is 3.83. The van der Waals surface area contributed by atoms with Crippen LogP contribution in [-0.2, 0) is 10.8 Å². The molecule has 0 aromatic heterocycles. The summed E-state index contributed by atoms with van der Waals surface area (Å²) in [5, 5.41) is 0. The van der Waals surface area contributed by atoms with Crippen molar-refractivity contribution in [3.8, 4) is 5.75 Å². The molecule has 0 saturated carbocycles. The molecule has 0 bridgehead atoms. The minimum Gasteiger partial charge on any atom is -0.494 e. The van der Waals surface area contributed by atoms with Crippen molar-refractivity contribution < 1.29 is 13.7 Å². The third-order valence-corrected chi connectivity index (χ3v) is 2.49. The first-order valence-corrected chi connectivity index (χ1v) is 6.42. The zero-order valence-electron chi connectivity index (χ0n) is 8.86. The van der Waals surface area contributed by atoms with E-state index in [0.717, 1.165) is 5.75 Å². The van der Waals surface area contributed by atoms with E-state index in [-0.39, 0.29) is 11.5 Å². The molecule has 0 aliphatic carbocycles. The summed E-state index contributed by atoms with van der Waals surface area (Å²) in [5.74, 6) is 0.721. The van der Waals surface area contributed by atoms with Crippen LogP contribution in [0.4, 0.5) is 0 Å². The van der Waals surface area contributed by atoms with Gasteiger partial charge in [-0.2, -0.15) is 0 Å². The Morgan fingerprint density at radius 1 is 1.33 bits per heavy atom. The molecule has 1 atom stereocenters. The van der Waals surface area contributed by atoms with E-state index in [1.807, 2.05) is 6.92 Å². The van der Waals surface area contributed by atoms with Gasteiger partial charge >= 0.3 is 0 Å². The largest absolute Gasteiger partial charge is 0.494 e. The molecule has 82 valence electrons. The molecular formula is C11H14O3S. The molecule has 0 fully saturated rings. The van der Waals surface area contributed by atoms with Crippen molar-refractivity contribution >= 4 is 16.6 Å². The van der Waals surface area contributed by atoms with E-state index < -0.39 is 10.8 Å². The molecule has 0 saturated heterocycles. The molecule has 0 aliphatic rings. The van der Waals surface area contributed by atoms with Gasteiger partial charge in [0.15, 0.2) is 5.78 Å². The Kier molecular flexibility index (Phi) is 4.49. The average molecular weight is 226 g/mol. The second-order valence-electron chi connectivity index (χ2n) is 3.10. The van der Waals surface area contributed by atoms with Gasteiger partial charge in [0.05, 0.1) is 12.4 Å². The smallest absolute Gasteiger partial charge is 0.175 e. The van der Waals surface area contributed by atoms with Gasteiger partial charge < -0.3 is 4.74 Å². The first kappa shape index (κ1) is 11.9. The number of Topliss-reactive ketones (excluding diaryl/α,β-unsaturated/α-hetero) is 1. The van der Waals surface area contributed by atoms with E-state index in [4.69, 9.17) is 4.74 Å². The highest BCUT2D eigenvalue weighted by Gasteiger charge is 2.07. The minimum atomic E-state index is -1.09. The minimum absolute atomic E-state index is 0.0774. The lowest BCUT2D eigenvalue weighted by Crippen LogP contribution is -2.09. The number of ether oxygens (including phenoxy) is 1. The van der Waals surface area contributed by atoms with Crippen molar-refractivity contribution in [1.29, 1.82) is 0 Å². The molecule has 1 aromatic carbocycles.